The second kappa shape index (κ2) is 13.2. The minimum Gasteiger partial charge on any atom is -0.477 e. The second-order valence-corrected chi connectivity index (χ2v) is 10.6. The number of urea groups is 1. The molecule has 13 nitrogen and oxygen atoms in total. The summed E-state index contributed by atoms with van der Waals surface area (Å²) in [5.74, 6) is -3.13. The Labute approximate surface area is 245 Å². The number of benzene rings is 2. The van der Waals surface area contributed by atoms with Crippen LogP contribution >= 0.6 is 11.8 Å². The van der Waals surface area contributed by atoms with Crippen molar-refractivity contribution in [1.82, 2.24) is 20.4 Å². The van der Waals surface area contributed by atoms with Crippen LogP contribution in [0.25, 0.3) is 0 Å². The molecule has 0 aromatic heterocycles. The molecular weight excluding hydrogens is 566 g/mol. The fourth-order valence-electron chi connectivity index (χ4n) is 4.53. The molecule has 6 amide bonds. The van der Waals surface area contributed by atoms with Crippen molar-refractivity contribution in [3.05, 3.63) is 83.1 Å². The van der Waals surface area contributed by atoms with E-state index < -0.39 is 59.9 Å². The molecule has 2 aromatic rings. The van der Waals surface area contributed by atoms with Crippen LogP contribution in [0.1, 0.15) is 23.6 Å². The number of β-lactam (4-membered cyclic amide) rings is 1. The third-order valence-electron chi connectivity index (χ3n) is 6.75. The monoisotopic (exact) mass is 595 g/mol. The highest BCUT2D eigenvalue weighted by Gasteiger charge is 2.54. The van der Waals surface area contributed by atoms with Crippen LogP contribution < -0.4 is 16.4 Å². The maximum absolute atomic E-state index is 13.5. The van der Waals surface area contributed by atoms with E-state index in [0.29, 0.717) is 12.0 Å². The minimum absolute atomic E-state index is 0.0767. The second-order valence-electron chi connectivity index (χ2n) is 9.49. The molecule has 1 fully saturated rings. The molecule has 0 radical (unpaired) electrons. The van der Waals surface area contributed by atoms with Crippen molar-refractivity contribution in [3.8, 4) is 0 Å². The summed E-state index contributed by atoms with van der Waals surface area (Å²) < 4.78 is 4.72. The van der Waals surface area contributed by atoms with Gasteiger partial charge in [0.25, 0.3) is 5.91 Å². The van der Waals surface area contributed by atoms with Gasteiger partial charge in [-0.1, -0.05) is 60.7 Å². The molecule has 2 aliphatic rings. The lowest BCUT2D eigenvalue weighted by molar-refractivity contribution is -0.151. The molecule has 2 heterocycles. The predicted molar refractivity (Wildman–Crippen MR) is 150 cm³/mol. The molecule has 3 atom stereocenters. The van der Waals surface area contributed by atoms with E-state index in [1.54, 1.807) is 30.3 Å². The van der Waals surface area contributed by atoms with E-state index in [0.717, 1.165) is 15.4 Å². The number of nitrogens with two attached hydrogens (primary N) is 1. The zero-order chi connectivity index (χ0) is 30.4. The topological polar surface area (TPSA) is 188 Å². The van der Waals surface area contributed by atoms with Gasteiger partial charge in [-0.2, -0.15) is 0 Å². The molecule has 0 saturated carbocycles. The number of imide groups is 1. The maximum Gasteiger partial charge on any atom is 0.404 e. The van der Waals surface area contributed by atoms with Gasteiger partial charge in [0.05, 0.1) is 0 Å². The number of carboxylic acids is 1. The minimum atomic E-state index is -1.39. The third kappa shape index (κ3) is 6.71. The number of aliphatic carboxylic acids is 1. The molecule has 2 unspecified atom stereocenters. The summed E-state index contributed by atoms with van der Waals surface area (Å²) in [7, 11) is 1.31. The molecule has 42 heavy (non-hydrogen) atoms. The number of fused-ring (bicyclic) bond motifs is 1. The summed E-state index contributed by atoms with van der Waals surface area (Å²) in [5.41, 5.74) is 6.18. The summed E-state index contributed by atoms with van der Waals surface area (Å²) in [6.45, 7) is -0.392. The summed E-state index contributed by atoms with van der Waals surface area (Å²) in [4.78, 5) is 77.1. The van der Waals surface area contributed by atoms with Crippen molar-refractivity contribution in [2.75, 3.05) is 19.4 Å². The van der Waals surface area contributed by atoms with E-state index in [-0.39, 0.29) is 23.4 Å². The molecule has 220 valence electrons. The molecule has 0 bridgehead atoms. The Kier molecular flexibility index (Phi) is 9.47. The number of primary amides is 1. The lowest BCUT2D eigenvalue weighted by Crippen LogP contribution is -2.71. The largest absolute Gasteiger partial charge is 0.477 e. The predicted octanol–water partition coefficient (Wildman–Crippen LogP) is 1.36. The van der Waals surface area contributed by atoms with Crippen LogP contribution in [0.2, 0.25) is 0 Å². The first-order valence-electron chi connectivity index (χ1n) is 12.9. The molecule has 14 heteroatoms. The normalized spacial score (nSPS) is 18.2. The van der Waals surface area contributed by atoms with Crippen LogP contribution in [-0.2, 0) is 30.3 Å². The highest BCUT2D eigenvalue weighted by Crippen LogP contribution is 2.40. The van der Waals surface area contributed by atoms with Gasteiger partial charge < -0.3 is 26.2 Å². The number of hydrogen-bond acceptors (Lipinski definition) is 8. The van der Waals surface area contributed by atoms with Crippen LogP contribution in [0.15, 0.2) is 71.9 Å². The van der Waals surface area contributed by atoms with E-state index in [1.807, 2.05) is 30.3 Å². The number of nitrogens with one attached hydrogen (secondary N) is 2. The van der Waals surface area contributed by atoms with Crippen LogP contribution in [0.5, 0.6) is 0 Å². The zero-order valence-electron chi connectivity index (χ0n) is 22.5. The lowest BCUT2D eigenvalue weighted by atomic mass is 10.0. The molecule has 0 aliphatic carbocycles. The van der Waals surface area contributed by atoms with Gasteiger partial charge in [-0.3, -0.25) is 24.2 Å². The van der Waals surface area contributed by atoms with Gasteiger partial charge in [0.1, 0.15) is 29.8 Å². The fourth-order valence-corrected chi connectivity index (χ4v) is 5.86. The van der Waals surface area contributed by atoms with Crippen molar-refractivity contribution in [2.24, 2.45) is 5.73 Å². The first kappa shape index (κ1) is 30.1. The van der Waals surface area contributed by atoms with Crippen LogP contribution in [0.4, 0.5) is 9.59 Å². The first-order valence-corrected chi connectivity index (χ1v) is 13.9. The Morgan fingerprint density at radius 3 is 2.36 bits per heavy atom. The number of carbonyl (C=O) groups excluding carboxylic acids is 5. The van der Waals surface area contributed by atoms with Gasteiger partial charge in [-0.05, 0) is 17.5 Å². The lowest BCUT2D eigenvalue weighted by Gasteiger charge is -2.49. The van der Waals surface area contributed by atoms with Crippen LogP contribution in [-0.4, -0.2) is 81.5 Å². The summed E-state index contributed by atoms with van der Waals surface area (Å²) in [5, 5.41) is 14.2. The van der Waals surface area contributed by atoms with Gasteiger partial charge >= 0.3 is 18.1 Å². The van der Waals surface area contributed by atoms with Crippen molar-refractivity contribution in [1.29, 1.82) is 0 Å². The first-order chi connectivity index (χ1) is 20.1. The Morgan fingerprint density at radius 1 is 1.10 bits per heavy atom. The Morgan fingerprint density at radius 2 is 1.74 bits per heavy atom. The number of rotatable bonds is 10. The summed E-state index contributed by atoms with van der Waals surface area (Å²) in [6.07, 6.45) is -0.576. The standard InChI is InChI=1S/C28H29N5O8S/c1-32(19(34)13-12-16-8-4-2-5-9-16)28(40)31-20(17-10-6-3-7-11-17)23(35)30-21-24(36)33-22(26(37)38)18(14-41-27(29)39)15-42-25(21)33/h2-11,20-21,25H,12-15H2,1H3,(H2,29,39)(H,30,35)(H,31,40)(H,37,38)/t20?,21?,25-/m1/s1. The smallest absolute Gasteiger partial charge is 0.404 e. The number of thioether (sulfide) groups is 1. The van der Waals surface area contributed by atoms with E-state index in [4.69, 9.17) is 10.5 Å². The van der Waals surface area contributed by atoms with Crippen LogP contribution in [0.3, 0.4) is 0 Å². The average molecular weight is 596 g/mol. The molecule has 5 N–H and O–H groups in total. The SMILES string of the molecule is CN(C(=O)CCc1ccccc1)C(=O)NC(C(=O)NC1C(=O)N2C(C(=O)O)=C(COC(N)=O)CS[C@H]12)c1ccccc1. The summed E-state index contributed by atoms with van der Waals surface area (Å²) in [6, 6.07) is 14.5. The van der Waals surface area contributed by atoms with Gasteiger partial charge in [-0.25, -0.2) is 14.4 Å². The molecule has 2 aromatic carbocycles. The highest BCUT2D eigenvalue weighted by atomic mass is 32.2. The van der Waals surface area contributed by atoms with Gasteiger partial charge in [0.15, 0.2) is 0 Å². The number of ether oxygens (including phenoxy) is 1. The van der Waals surface area contributed by atoms with Crippen LogP contribution in [0, 0.1) is 0 Å². The maximum atomic E-state index is 13.5. The number of aryl methyl sites for hydroxylation is 1. The highest BCUT2D eigenvalue weighted by molar-refractivity contribution is 8.00. The van der Waals surface area contributed by atoms with Gasteiger partial charge in [-0.15, -0.1) is 11.8 Å². The van der Waals surface area contributed by atoms with E-state index in [2.05, 4.69) is 10.6 Å². The Balaban J connectivity index is 1.45. The van der Waals surface area contributed by atoms with Crippen molar-refractivity contribution in [2.45, 2.75) is 30.3 Å². The number of amides is 6. The number of nitrogens with zero attached hydrogens (tertiary/aromatic N) is 2. The van der Waals surface area contributed by atoms with Crippen molar-refractivity contribution >= 4 is 47.6 Å². The fraction of sp³-hybridized carbons (Fsp3) is 0.286. The number of carboxylic acid groups (broad SMARTS) is 1. The molecule has 1 saturated heterocycles. The Hall–Kier alpha value is -4.85. The molecule has 2 aliphatic heterocycles. The number of carbonyl (C=O) groups is 6. The van der Waals surface area contributed by atoms with E-state index >= 15 is 0 Å². The average Bonchev–Trinajstić information content (AvgIpc) is 2.99. The molecule has 0 spiro atoms. The quantitative estimate of drug-likeness (QED) is 0.294. The Bertz CT molecular complexity index is 1420. The zero-order valence-corrected chi connectivity index (χ0v) is 23.3. The summed E-state index contributed by atoms with van der Waals surface area (Å²) >= 11 is 1.18. The van der Waals surface area contributed by atoms with Gasteiger partial charge in [0, 0.05) is 24.8 Å². The third-order valence-corrected chi connectivity index (χ3v) is 8.09. The number of hydrogen-bond donors (Lipinski definition) is 4. The van der Waals surface area contributed by atoms with E-state index in [1.165, 1.54) is 18.8 Å². The molecular formula is C28H29N5O8S. The van der Waals surface area contributed by atoms with Crippen molar-refractivity contribution < 1.29 is 38.6 Å². The molecule has 4 rings (SSSR count). The van der Waals surface area contributed by atoms with Gasteiger partial charge in [0.2, 0.25) is 11.8 Å². The van der Waals surface area contributed by atoms with Crippen molar-refractivity contribution in [3.63, 3.8) is 0 Å². The van der Waals surface area contributed by atoms with E-state index in [9.17, 15) is 33.9 Å².